The van der Waals surface area contributed by atoms with Gasteiger partial charge in [-0.1, -0.05) is 12.8 Å². The van der Waals surface area contributed by atoms with Gasteiger partial charge in [0.1, 0.15) is 0 Å². The van der Waals surface area contributed by atoms with Crippen molar-refractivity contribution in [2.24, 2.45) is 5.92 Å². The van der Waals surface area contributed by atoms with Crippen LogP contribution >= 0.6 is 0 Å². The van der Waals surface area contributed by atoms with Gasteiger partial charge in [0.2, 0.25) is 0 Å². The minimum Gasteiger partial charge on any atom is -0.483 e. The first-order valence-electron chi connectivity index (χ1n) is 4.69. The van der Waals surface area contributed by atoms with Crippen molar-refractivity contribution in [3.05, 3.63) is 0 Å². The summed E-state index contributed by atoms with van der Waals surface area (Å²) in [5.41, 5.74) is 0. The number of hydrogen-bond donors (Lipinski definition) is 2. The molecule has 2 N–H and O–H groups in total. The van der Waals surface area contributed by atoms with Crippen LogP contribution in [0.3, 0.4) is 0 Å². The second kappa shape index (κ2) is 5.14. The van der Waals surface area contributed by atoms with Crippen LogP contribution in [0.2, 0.25) is 0 Å². The molecule has 1 saturated carbocycles. The van der Waals surface area contributed by atoms with Gasteiger partial charge in [0.25, 0.3) is 6.47 Å². The third-order valence-corrected chi connectivity index (χ3v) is 2.83. The average Bonchev–Trinajstić information content (AvgIpc) is 2.52. The van der Waals surface area contributed by atoms with Crippen LogP contribution in [0.1, 0.15) is 32.1 Å². The van der Waals surface area contributed by atoms with Gasteiger partial charge in [0.15, 0.2) is 0 Å². The smallest absolute Gasteiger partial charge is 0.290 e. The maximum absolute atomic E-state index is 8.36. The van der Waals surface area contributed by atoms with Crippen molar-refractivity contribution < 1.29 is 9.90 Å². The van der Waals surface area contributed by atoms with Gasteiger partial charge in [0.05, 0.1) is 0 Å². The van der Waals surface area contributed by atoms with Crippen LogP contribution in [-0.4, -0.2) is 24.2 Å². The molecule has 1 heterocycles. The Kier molecular flexibility index (Phi) is 4.08. The van der Waals surface area contributed by atoms with E-state index < -0.39 is 0 Å². The number of carbonyl (C=O) groups is 1. The Morgan fingerprint density at radius 3 is 2.58 bits per heavy atom. The fourth-order valence-electron chi connectivity index (χ4n) is 2.28. The molecule has 0 radical (unpaired) electrons. The number of fused-ring (bicyclic) bond motifs is 1. The first kappa shape index (κ1) is 9.52. The lowest BCUT2D eigenvalue weighted by atomic mass is 9.86. The second-order valence-corrected chi connectivity index (χ2v) is 3.50. The van der Waals surface area contributed by atoms with E-state index in [1.165, 1.54) is 38.6 Å². The monoisotopic (exact) mass is 171 g/mol. The first-order valence-corrected chi connectivity index (χ1v) is 4.69. The molecule has 2 atom stereocenters. The summed E-state index contributed by atoms with van der Waals surface area (Å²) in [7, 11) is 0. The van der Waals surface area contributed by atoms with E-state index in [0.717, 1.165) is 12.0 Å². The van der Waals surface area contributed by atoms with Gasteiger partial charge >= 0.3 is 0 Å². The highest BCUT2D eigenvalue weighted by molar-refractivity contribution is 5.32. The van der Waals surface area contributed by atoms with Crippen molar-refractivity contribution in [2.45, 2.75) is 38.1 Å². The molecule has 0 spiro atoms. The molecule has 1 saturated heterocycles. The second-order valence-electron chi connectivity index (χ2n) is 3.50. The molecule has 3 nitrogen and oxygen atoms in total. The summed E-state index contributed by atoms with van der Waals surface area (Å²) in [5, 5.41) is 10.4. The van der Waals surface area contributed by atoms with Gasteiger partial charge in [-0.15, -0.1) is 0 Å². The topological polar surface area (TPSA) is 49.3 Å². The molecular weight excluding hydrogens is 154 g/mol. The predicted octanol–water partition coefficient (Wildman–Crippen LogP) is 1.24. The molecule has 0 amide bonds. The van der Waals surface area contributed by atoms with Gasteiger partial charge in [-0.2, -0.15) is 0 Å². The van der Waals surface area contributed by atoms with Crippen LogP contribution < -0.4 is 5.32 Å². The van der Waals surface area contributed by atoms with E-state index in [0.29, 0.717) is 0 Å². The Morgan fingerprint density at radius 1 is 1.25 bits per heavy atom. The van der Waals surface area contributed by atoms with E-state index in [-0.39, 0.29) is 6.47 Å². The van der Waals surface area contributed by atoms with E-state index in [4.69, 9.17) is 9.90 Å². The molecule has 70 valence electrons. The number of nitrogens with one attached hydrogen (secondary N) is 1. The average molecular weight is 171 g/mol. The van der Waals surface area contributed by atoms with Crippen LogP contribution in [0.4, 0.5) is 0 Å². The largest absolute Gasteiger partial charge is 0.483 e. The molecule has 1 aliphatic heterocycles. The molecular formula is C9H17NO2. The molecule has 2 unspecified atom stereocenters. The third kappa shape index (κ3) is 2.48. The minimum atomic E-state index is -0.250. The zero-order valence-corrected chi connectivity index (χ0v) is 7.33. The van der Waals surface area contributed by atoms with Gasteiger partial charge < -0.3 is 10.4 Å². The zero-order valence-electron chi connectivity index (χ0n) is 7.33. The summed E-state index contributed by atoms with van der Waals surface area (Å²) in [6.45, 7) is 1.04. The summed E-state index contributed by atoms with van der Waals surface area (Å²) in [4.78, 5) is 8.36. The van der Waals surface area contributed by atoms with Crippen molar-refractivity contribution in [3.63, 3.8) is 0 Å². The molecule has 2 aliphatic rings. The highest BCUT2D eigenvalue weighted by Gasteiger charge is 2.28. The number of carboxylic acid groups (broad SMARTS) is 1. The lowest BCUT2D eigenvalue weighted by Gasteiger charge is -2.24. The third-order valence-electron chi connectivity index (χ3n) is 2.83. The van der Waals surface area contributed by atoms with E-state index in [1.54, 1.807) is 0 Å². The number of hydrogen-bond acceptors (Lipinski definition) is 2. The van der Waals surface area contributed by atoms with Crippen LogP contribution in [-0.2, 0) is 4.79 Å². The van der Waals surface area contributed by atoms with E-state index in [1.807, 2.05) is 0 Å². The van der Waals surface area contributed by atoms with Gasteiger partial charge in [-0.05, 0) is 31.7 Å². The molecule has 12 heavy (non-hydrogen) atoms. The zero-order chi connectivity index (χ0) is 8.81. The van der Waals surface area contributed by atoms with Gasteiger partial charge in [-0.25, -0.2) is 0 Å². The Labute approximate surface area is 73.2 Å². The molecule has 0 bridgehead atoms. The summed E-state index contributed by atoms with van der Waals surface area (Å²) in [6.07, 6.45) is 7.35. The number of rotatable bonds is 0. The summed E-state index contributed by atoms with van der Waals surface area (Å²) in [6, 6.07) is 0.916. The summed E-state index contributed by atoms with van der Waals surface area (Å²) < 4.78 is 0. The first-order chi connectivity index (χ1) is 5.88. The molecule has 2 rings (SSSR count). The van der Waals surface area contributed by atoms with Gasteiger partial charge in [-0.3, -0.25) is 4.79 Å². The fourth-order valence-corrected chi connectivity index (χ4v) is 2.28. The molecule has 0 aromatic rings. The van der Waals surface area contributed by atoms with Crippen LogP contribution in [0, 0.1) is 5.92 Å². The highest BCUT2D eigenvalue weighted by Crippen LogP contribution is 2.29. The summed E-state index contributed by atoms with van der Waals surface area (Å²) >= 11 is 0. The normalized spacial score (nSPS) is 33.0. The molecule has 3 heteroatoms. The molecule has 0 aromatic heterocycles. The Morgan fingerprint density at radius 2 is 1.92 bits per heavy atom. The quantitative estimate of drug-likeness (QED) is 0.539. The molecule has 0 aromatic carbocycles. The van der Waals surface area contributed by atoms with E-state index in [2.05, 4.69) is 5.32 Å². The highest BCUT2D eigenvalue weighted by atomic mass is 16.3. The van der Waals surface area contributed by atoms with Crippen LogP contribution in [0.25, 0.3) is 0 Å². The lowest BCUT2D eigenvalue weighted by Crippen LogP contribution is -2.29. The van der Waals surface area contributed by atoms with Crippen molar-refractivity contribution in [1.82, 2.24) is 5.32 Å². The predicted molar refractivity (Wildman–Crippen MR) is 47.1 cm³/mol. The van der Waals surface area contributed by atoms with Crippen molar-refractivity contribution in [1.29, 1.82) is 0 Å². The molecule has 2 fully saturated rings. The molecule has 1 aliphatic carbocycles. The Hall–Kier alpha value is -0.570. The van der Waals surface area contributed by atoms with E-state index >= 15 is 0 Å². The Balaban J connectivity index is 0.000000213. The van der Waals surface area contributed by atoms with Crippen molar-refractivity contribution in [3.8, 4) is 0 Å². The lowest BCUT2D eigenvalue weighted by molar-refractivity contribution is -0.122. The SMILES string of the molecule is C1CCC2NCCC2C1.O=CO. The van der Waals surface area contributed by atoms with Gasteiger partial charge in [0, 0.05) is 6.04 Å². The minimum absolute atomic E-state index is 0.250. The van der Waals surface area contributed by atoms with Crippen LogP contribution in [0.15, 0.2) is 0 Å². The van der Waals surface area contributed by atoms with Crippen molar-refractivity contribution >= 4 is 6.47 Å². The van der Waals surface area contributed by atoms with Crippen molar-refractivity contribution in [2.75, 3.05) is 6.54 Å². The van der Waals surface area contributed by atoms with Crippen LogP contribution in [0.5, 0.6) is 0 Å². The fraction of sp³-hybridized carbons (Fsp3) is 0.889. The maximum atomic E-state index is 8.36. The standard InChI is InChI=1S/C8H15N.CH2O2/c1-2-4-8-7(3-1)5-6-9-8;2-1-3/h7-9H,1-6H2;1H,(H,2,3). The van der Waals surface area contributed by atoms with E-state index in [9.17, 15) is 0 Å². The summed E-state index contributed by atoms with van der Waals surface area (Å²) in [5.74, 6) is 1.05. The Bertz CT molecular complexity index is 126. The maximum Gasteiger partial charge on any atom is 0.290 e.